The first-order valence-electron chi connectivity index (χ1n) is 11.2. The van der Waals surface area contributed by atoms with Crippen molar-refractivity contribution >= 4 is 27.3 Å². The maximum absolute atomic E-state index is 13.0. The lowest BCUT2D eigenvalue weighted by molar-refractivity contribution is -0.128. The van der Waals surface area contributed by atoms with Crippen molar-refractivity contribution < 1.29 is 13.2 Å². The molecule has 2 heterocycles. The minimum atomic E-state index is -3.49. The average molecular weight is 437 g/mol. The third-order valence-electron chi connectivity index (χ3n) is 7.87. The molecule has 1 amide bonds. The normalized spacial score (nSPS) is 37.0. The molecule has 4 bridgehead atoms. The summed E-state index contributed by atoms with van der Waals surface area (Å²) in [5.41, 5.74) is 0.319. The van der Waals surface area contributed by atoms with Crippen LogP contribution in [0.1, 0.15) is 56.2 Å². The number of carbonyl (C=O) groups is 1. The molecule has 4 aliphatic carbocycles. The van der Waals surface area contributed by atoms with E-state index in [0.29, 0.717) is 22.7 Å². The fourth-order valence-electron chi connectivity index (χ4n) is 6.98. The molecule has 5 nitrogen and oxygen atoms in total. The van der Waals surface area contributed by atoms with Gasteiger partial charge >= 0.3 is 0 Å². The summed E-state index contributed by atoms with van der Waals surface area (Å²) in [6.45, 7) is 3.54. The van der Waals surface area contributed by atoms with Gasteiger partial charge in [-0.2, -0.15) is 4.31 Å². The Labute approximate surface area is 178 Å². The predicted octanol–water partition coefficient (Wildman–Crippen LogP) is 3.79. The van der Waals surface area contributed by atoms with Gasteiger partial charge < -0.3 is 5.32 Å². The molecule has 1 aromatic heterocycles. The smallest absolute Gasteiger partial charge is 0.252 e. The molecule has 29 heavy (non-hydrogen) atoms. The number of hydrogen-bond acceptors (Lipinski definition) is 4. The Hall–Kier alpha value is -0.920. The van der Waals surface area contributed by atoms with Crippen LogP contribution >= 0.6 is 11.3 Å². The molecule has 1 aromatic rings. The number of rotatable bonds is 5. The van der Waals surface area contributed by atoms with Crippen LogP contribution < -0.4 is 5.32 Å². The van der Waals surface area contributed by atoms with Gasteiger partial charge in [-0.15, -0.1) is 11.3 Å². The van der Waals surface area contributed by atoms with E-state index >= 15 is 0 Å². The number of thiophene rings is 1. The van der Waals surface area contributed by atoms with Gasteiger partial charge in [0.2, 0.25) is 5.91 Å². The molecule has 4 saturated carbocycles. The van der Waals surface area contributed by atoms with E-state index in [1.165, 1.54) is 54.2 Å². The van der Waals surface area contributed by atoms with Crippen LogP contribution in [-0.4, -0.2) is 38.3 Å². The highest BCUT2D eigenvalue weighted by atomic mass is 32.2. The molecule has 1 unspecified atom stereocenters. The van der Waals surface area contributed by atoms with Gasteiger partial charge in [-0.05, 0) is 93.6 Å². The number of piperidine rings is 1. The number of hydrogen-bond donors (Lipinski definition) is 1. The molecular formula is C22H32N2O3S2. The van der Waals surface area contributed by atoms with Crippen LogP contribution in [0.15, 0.2) is 16.3 Å². The lowest BCUT2D eigenvalue weighted by atomic mass is 9.49. The number of sulfonamides is 1. The minimum Gasteiger partial charge on any atom is -0.355 e. The zero-order chi connectivity index (χ0) is 20.2. The molecule has 1 N–H and O–H groups in total. The van der Waals surface area contributed by atoms with Crippen LogP contribution in [0, 0.1) is 36.0 Å². The summed E-state index contributed by atoms with van der Waals surface area (Å²) in [7, 11) is -3.49. The second kappa shape index (κ2) is 7.34. The Morgan fingerprint density at radius 1 is 1.17 bits per heavy atom. The Balaban J connectivity index is 1.22. The van der Waals surface area contributed by atoms with E-state index in [0.717, 1.165) is 42.0 Å². The average Bonchev–Trinajstić information content (AvgIpc) is 3.12. The van der Waals surface area contributed by atoms with E-state index in [1.807, 2.05) is 13.0 Å². The highest BCUT2D eigenvalue weighted by Crippen LogP contribution is 2.59. The van der Waals surface area contributed by atoms with Crippen molar-refractivity contribution in [2.24, 2.45) is 29.1 Å². The molecule has 5 aliphatic rings. The molecule has 5 fully saturated rings. The quantitative estimate of drug-likeness (QED) is 0.764. The zero-order valence-electron chi connectivity index (χ0n) is 17.2. The van der Waals surface area contributed by atoms with Gasteiger partial charge in [-0.3, -0.25) is 4.79 Å². The van der Waals surface area contributed by atoms with Crippen molar-refractivity contribution in [3.63, 3.8) is 0 Å². The van der Waals surface area contributed by atoms with Crippen molar-refractivity contribution in [2.45, 2.75) is 62.5 Å². The van der Waals surface area contributed by atoms with E-state index in [4.69, 9.17) is 0 Å². The van der Waals surface area contributed by atoms with E-state index < -0.39 is 10.0 Å². The molecule has 0 radical (unpaired) electrons. The zero-order valence-corrected chi connectivity index (χ0v) is 18.9. The minimum absolute atomic E-state index is 0.0583. The van der Waals surface area contributed by atoms with Gasteiger partial charge in [0.15, 0.2) is 0 Å². The Kier molecular flexibility index (Phi) is 5.07. The Bertz CT molecular complexity index is 856. The molecule has 1 aliphatic heterocycles. The second-order valence-corrected chi connectivity index (χ2v) is 13.7. The van der Waals surface area contributed by atoms with Gasteiger partial charge in [0.25, 0.3) is 10.0 Å². The standard InChI is InChI=1S/C22H32N2O3S2/c1-15-4-5-20(28-15)29(26,27)24-6-2-3-19(13-24)21(25)23-14-22-10-16-7-17(11-22)9-18(8-16)12-22/h4-5,16-19H,2-3,6-14H2,1H3,(H,23,25). The van der Waals surface area contributed by atoms with Crippen molar-refractivity contribution in [3.05, 3.63) is 17.0 Å². The summed E-state index contributed by atoms with van der Waals surface area (Å²) in [6.07, 6.45) is 9.59. The third kappa shape index (κ3) is 3.79. The van der Waals surface area contributed by atoms with E-state index in [1.54, 1.807) is 6.07 Å². The highest BCUT2D eigenvalue weighted by Gasteiger charge is 2.51. The molecule has 1 saturated heterocycles. The van der Waals surface area contributed by atoms with Crippen LogP contribution in [0.5, 0.6) is 0 Å². The van der Waals surface area contributed by atoms with Crippen LogP contribution in [0.3, 0.4) is 0 Å². The highest BCUT2D eigenvalue weighted by molar-refractivity contribution is 7.91. The Morgan fingerprint density at radius 3 is 2.41 bits per heavy atom. The fourth-order valence-corrected chi connectivity index (χ4v) is 9.94. The molecule has 1 atom stereocenters. The van der Waals surface area contributed by atoms with Crippen molar-refractivity contribution in [2.75, 3.05) is 19.6 Å². The van der Waals surface area contributed by atoms with E-state index in [2.05, 4.69) is 5.32 Å². The number of nitrogens with one attached hydrogen (secondary N) is 1. The van der Waals surface area contributed by atoms with Gasteiger partial charge in [0.05, 0.1) is 5.92 Å². The molecule has 7 heteroatoms. The van der Waals surface area contributed by atoms with Gasteiger partial charge in [0, 0.05) is 24.5 Å². The molecule has 160 valence electrons. The number of aryl methyl sites for hydroxylation is 1. The summed E-state index contributed by atoms with van der Waals surface area (Å²) in [6, 6.07) is 3.53. The lowest BCUT2D eigenvalue weighted by Gasteiger charge is -2.57. The first kappa shape index (κ1) is 20.0. The van der Waals surface area contributed by atoms with Gasteiger partial charge in [-0.1, -0.05) is 0 Å². The SMILES string of the molecule is Cc1ccc(S(=O)(=O)N2CCCC(C(=O)NCC34CC5CC(CC(C5)C3)C4)C2)s1. The topological polar surface area (TPSA) is 66.5 Å². The molecule has 0 aromatic carbocycles. The summed E-state index contributed by atoms with van der Waals surface area (Å²) >= 11 is 1.31. The van der Waals surface area contributed by atoms with Crippen LogP contribution in [0.25, 0.3) is 0 Å². The first-order valence-corrected chi connectivity index (χ1v) is 13.4. The third-order valence-corrected chi connectivity index (χ3v) is 11.2. The molecule has 0 spiro atoms. The molecule has 6 rings (SSSR count). The predicted molar refractivity (Wildman–Crippen MR) is 114 cm³/mol. The number of amides is 1. The van der Waals surface area contributed by atoms with Crippen molar-refractivity contribution in [1.82, 2.24) is 9.62 Å². The summed E-state index contributed by atoms with van der Waals surface area (Å²) in [5, 5.41) is 3.27. The largest absolute Gasteiger partial charge is 0.355 e. The second-order valence-electron chi connectivity index (χ2n) is 10.2. The Morgan fingerprint density at radius 2 is 1.83 bits per heavy atom. The number of nitrogens with zero attached hydrogens (tertiary/aromatic N) is 1. The van der Waals surface area contributed by atoms with Crippen LogP contribution in [-0.2, 0) is 14.8 Å². The van der Waals surface area contributed by atoms with Crippen LogP contribution in [0.2, 0.25) is 0 Å². The maximum atomic E-state index is 13.0. The van der Waals surface area contributed by atoms with Crippen molar-refractivity contribution in [1.29, 1.82) is 0 Å². The first-order chi connectivity index (χ1) is 13.8. The summed E-state index contributed by atoms with van der Waals surface area (Å²) < 4.78 is 27.8. The fraction of sp³-hybridized carbons (Fsp3) is 0.773. The van der Waals surface area contributed by atoms with E-state index in [9.17, 15) is 13.2 Å². The van der Waals surface area contributed by atoms with E-state index in [-0.39, 0.29) is 11.8 Å². The lowest BCUT2D eigenvalue weighted by Crippen LogP contribution is -2.52. The van der Waals surface area contributed by atoms with Crippen LogP contribution in [0.4, 0.5) is 0 Å². The van der Waals surface area contributed by atoms with Gasteiger partial charge in [-0.25, -0.2) is 8.42 Å². The number of carbonyl (C=O) groups excluding carboxylic acids is 1. The monoisotopic (exact) mass is 436 g/mol. The summed E-state index contributed by atoms with van der Waals surface area (Å²) in [5.74, 6) is 2.46. The maximum Gasteiger partial charge on any atom is 0.252 e. The van der Waals surface area contributed by atoms with Gasteiger partial charge in [0.1, 0.15) is 4.21 Å². The summed E-state index contributed by atoms with van der Waals surface area (Å²) in [4.78, 5) is 14.0. The molecular weight excluding hydrogens is 404 g/mol. The van der Waals surface area contributed by atoms with Crippen molar-refractivity contribution in [3.8, 4) is 0 Å².